The highest BCUT2D eigenvalue weighted by Crippen LogP contribution is 2.40. The minimum Gasteiger partial charge on any atom is -0.479 e. The van der Waals surface area contributed by atoms with E-state index in [0.29, 0.717) is 0 Å². The first-order valence-corrected chi connectivity index (χ1v) is 8.52. The Balaban J connectivity index is 2.57. The molecule has 1 aliphatic heterocycles. The number of nitrogens with zero attached hydrogens (tertiary/aromatic N) is 1. The molecule has 28 heavy (non-hydrogen) atoms. The monoisotopic (exact) mass is 419 g/mol. The van der Waals surface area contributed by atoms with Gasteiger partial charge in [0.25, 0.3) is 0 Å². The second-order valence-corrected chi connectivity index (χ2v) is 6.86. The largest absolute Gasteiger partial charge is 0.573 e. The van der Waals surface area contributed by atoms with Crippen LogP contribution in [-0.2, 0) is 14.3 Å². The van der Waals surface area contributed by atoms with Crippen molar-refractivity contribution in [2.24, 2.45) is 0 Å². The van der Waals surface area contributed by atoms with Crippen molar-refractivity contribution in [3.05, 3.63) is 23.2 Å². The minimum absolute atomic E-state index is 0.0637. The zero-order valence-corrected chi connectivity index (χ0v) is 15.7. The number of amides is 1. The molecule has 1 aliphatic rings. The van der Waals surface area contributed by atoms with Gasteiger partial charge in [-0.25, -0.2) is 4.79 Å². The summed E-state index contributed by atoms with van der Waals surface area (Å²) in [6, 6.07) is 2.99. The number of rotatable bonds is 4. The van der Waals surface area contributed by atoms with E-state index in [1.54, 1.807) is 13.8 Å². The fraction of sp³-hybridized carbons (Fsp3) is 0.444. The molecule has 3 atom stereocenters. The molecule has 0 saturated carbocycles. The zero-order chi connectivity index (χ0) is 21.3. The van der Waals surface area contributed by atoms with Gasteiger partial charge in [-0.05, 0) is 38.0 Å². The number of carbonyl (C=O) groups is 2. The molecule has 1 aromatic rings. The number of carboxylic acids is 1. The van der Waals surface area contributed by atoms with Crippen LogP contribution in [0, 0.1) is 12.3 Å². The SMILES string of the molecule is C#CC(=O)N(c1ccc(OC(F)(F)F)c(Cl)c1)C1(C(=O)O)C[C@@H](C)O[C@@H](C)C1. The first-order chi connectivity index (χ1) is 12.9. The Hall–Kier alpha value is -2.44. The molecule has 0 aromatic heterocycles. The third-order valence-electron chi connectivity index (χ3n) is 4.27. The Labute approximate surface area is 164 Å². The van der Waals surface area contributed by atoms with Crippen molar-refractivity contribution in [3.8, 4) is 18.1 Å². The van der Waals surface area contributed by atoms with Crippen LogP contribution in [0.15, 0.2) is 18.2 Å². The molecule has 0 bridgehead atoms. The smallest absolute Gasteiger partial charge is 0.479 e. The molecule has 1 unspecified atom stereocenters. The van der Waals surface area contributed by atoms with Crippen molar-refractivity contribution in [2.75, 3.05) is 4.90 Å². The molecule has 6 nitrogen and oxygen atoms in total. The number of hydrogen-bond acceptors (Lipinski definition) is 4. The molecule has 1 N–H and O–H groups in total. The summed E-state index contributed by atoms with van der Waals surface area (Å²) in [7, 11) is 0. The number of aliphatic carboxylic acids is 1. The van der Waals surface area contributed by atoms with E-state index in [1.165, 1.54) is 0 Å². The third kappa shape index (κ3) is 4.51. The van der Waals surface area contributed by atoms with Gasteiger partial charge >= 0.3 is 18.2 Å². The van der Waals surface area contributed by atoms with E-state index in [1.807, 2.05) is 5.92 Å². The Kier molecular flexibility index (Phi) is 6.16. The first-order valence-electron chi connectivity index (χ1n) is 8.14. The number of alkyl halides is 3. The number of halogens is 4. The number of benzene rings is 1. The molecule has 1 heterocycles. The third-order valence-corrected chi connectivity index (χ3v) is 4.56. The Bertz CT molecular complexity index is 810. The summed E-state index contributed by atoms with van der Waals surface area (Å²) in [5.74, 6) is -1.10. The van der Waals surface area contributed by atoms with Gasteiger partial charge < -0.3 is 14.6 Å². The van der Waals surface area contributed by atoms with Crippen molar-refractivity contribution in [2.45, 2.75) is 50.8 Å². The van der Waals surface area contributed by atoms with Crippen molar-refractivity contribution >= 4 is 29.2 Å². The van der Waals surface area contributed by atoms with Crippen LogP contribution in [-0.4, -0.2) is 41.1 Å². The van der Waals surface area contributed by atoms with Crippen LogP contribution in [0.5, 0.6) is 5.75 Å². The second-order valence-electron chi connectivity index (χ2n) is 6.45. The van der Waals surface area contributed by atoms with E-state index in [2.05, 4.69) is 4.74 Å². The van der Waals surface area contributed by atoms with Crippen LogP contribution in [0.3, 0.4) is 0 Å². The maximum atomic E-state index is 12.5. The quantitative estimate of drug-likeness (QED) is 0.754. The topological polar surface area (TPSA) is 76.1 Å². The van der Waals surface area contributed by atoms with Gasteiger partial charge in [0.05, 0.1) is 17.2 Å². The fourth-order valence-electron chi connectivity index (χ4n) is 3.44. The summed E-state index contributed by atoms with van der Waals surface area (Å²) in [5, 5.41) is 9.49. The van der Waals surface area contributed by atoms with Crippen molar-refractivity contribution in [1.82, 2.24) is 0 Å². The lowest BCUT2D eigenvalue weighted by atomic mass is 9.81. The normalized spacial score (nSPS) is 24.9. The molecule has 1 fully saturated rings. The second kappa shape index (κ2) is 7.89. The average molecular weight is 420 g/mol. The maximum absolute atomic E-state index is 12.5. The molecule has 152 valence electrons. The lowest BCUT2D eigenvalue weighted by Gasteiger charge is -2.46. The number of anilines is 1. The van der Waals surface area contributed by atoms with Gasteiger partial charge in [-0.15, -0.1) is 19.6 Å². The fourth-order valence-corrected chi connectivity index (χ4v) is 3.65. The molecule has 10 heteroatoms. The summed E-state index contributed by atoms with van der Waals surface area (Å²) < 4.78 is 46.7. The van der Waals surface area contributed by atoms with Crippen LogP contribution in [0.1, 0.15) is 26.7 Å². The van der Waals surface area contributed by atoms with Gasteiger partial charge in [0.2, 0.25) is 0 Å². The highest BCUT2D eigenvalue weighted by atomic mass is 35.5. The van der Waals surface area contributed by atoms with Crippen LogP contribution < -0.4 is 9.64 Å². The Morgan fingerprint density at radius 2 is 1.93 bits per heavy atom. The molecule has 1 amide bonds. The molecule has 1 aromatic carbocycles. The molecule has 0 spiro atoms. The lowest BCUT2D eigenvalue weighted by Crippen LogP contribution is -2.62. The highest BCUT2D eigenvalue weighted by molar-refractivity contribution is 6.32. The van der Waals surface area contributed by atoms with Crippen LogP contribution >= 0.6 is 11.6 Å². The Morgan fingerprint density at radius 3 is 2.36 bits per heavy atom. The van der Waals surface area contributed by atoms with Gasteiger partial charge in [-0.1, -0.05) is 11.6 Å². The summed E-state index contributed by atoms with van der Waals surface area (Å²) in [6.45, 7) is 3.30. The minimum atomic E-state index is -4.96. The molecule has 2 rings (SSSR count). The van der Waals surface area contributed by atoms with Gasteiger partial charge in [-0.2, -0.15) is 0 Å². The molecular formula is C18H17ClF3NO5. The number of terminal acetylenes is 1. The first kappa shape index (κ1) is 21.9. The van der Waals surface area contributed by atoms with E-state index in [0.717, 1.165) is 23.1 Å². The summed E-state index contributed by atoms with van der Waals surface area (Å²) >= 11 is 5.86. The van der Waals surface area contributed by atoms with E-state index >= 15 is 0 Å². The summed E-state index contributed by atoms with van der Waals surface area (Å²) in [5.41, 5.74) is -1.82. The Morgan fingerprint density at radius 1 is 1.36 bits per heavy atom. The molecular weight excluding hydrogens is 403 g/mol. The predicted molar refractivity (Wildman–Crippen MR) is 94.1 cm³/mol. The number of hydrogen-bond donors (Lipinski definition) is 1. The lowest BCUT2D eigenvalue weighted by molar-refractivity contribution is -0.274. The van der Waals surface area contributed by atoms with Crippen molar-refractivity contribution < 1.29 is 37.3 Å². The highest BCUT2D eigenvalue weighted by Gasteiger charge is 2.52. The van der Waals surface area contributed by atoms with E-state index in [-0.39, 0.29) is 18.5 Å². The van der Waals surface area contributed by atoms with E-state index < -0.39 is 46.8 Å². The van der Waals surface area contributed by atoms with E-state index in [4.69, 9.17) is 22.8 Å². The predicted octanol–water partition coefficient (Wildman–Crippen LogP) is 3.62. The number of carboxylic acid groups (broad SMARTS) is 1. The maximum Gasteiger partial charge on any atom is 0.573 e. The van der Waals surface area contributed by atoms with Gasteiger partial charge in [-0.3, -0.25) is 9.69 Å². The van der Waals surface area contributed by atoms with Gasteiger partial charge in [0.15, 0.2) is 5.54 Å². The number of carbonyl (C=O) groups excluding carboxylic acids is 1. The molecule has 0 radical (unpaired) electrons. The van der Waals surface area contributed by atoms with E-state index in [9.17, 15) is 27.9 Å². The molecule has 0 aliphatic carbocycles. The summed E-state index contributed by atoms with van der Waals surface area (Å²) in [6.07, 6.45) is -0.889. The van der Waals surface area contributed by atoms with Gasteiger partial charge in [0.1, 0.15) is 5.75 Å². The average Bonchev–Trinajstić information content (AvgIpc) is 2.55. The standard InChI is InChI=1S/C18H17ClF3NO5/c1-4-15(24)23(17(16(25)26)8-10(2)27-11(3)9-17)12-5-6-14(13(19)7-12)28-18(20,21)22/h1,5-7,10-11H,8-9H2,2-3H3,(H,25,26)/t10-,11+,17?. The van der Waals surface area contributed by atoms with Crippen LogP contribution in [0.25, 0.3) is 0 Å². The summed E-state index contributed by atoms with van der Waals surface area (Å²) in [4.78, 5) is 25.6. The van der Waals surface area contributed by atoms with Crippen LogP contribution in [0.4, 0.5) is 18.9 Å². The number of ether oxygens (including phenoxy) is 2. The van der Waals surface area contributed by atoms with Crippen molar-refractivity contribution in [1.29, 1.82) is 0 Å². The van der Waals surface area contributed by atoms with Gasteiger partial charge in [0, 0.05) is 18.5 Å². The van der Waals surface area contributed by atoms with Crippen molar-refractivity contribution in [3.63, 3.8) is 0 Å². The van der Waals surface area contributed by atoms with Crippen LogP contribution in [0.2, 0.25) is 5.02 Å². The zero-order valence-electron chi connectivity index (χ0n) is 14.9. The molecule has 1 saturated heterocycles.